The van der Waals surface area contributed by atoms with E-state index >= 15 is 0 Å². The Morgan fingerprint density at radius 1 is 0.897 bits per heavy atom. The summed E-state index contributed by atoms with van der Waals surface area (Å²) in [6, 6.07) is 7.88. The minimum atomic E-state index is -4.17. The molecule has 1 rings (SSSR count). The van der Waals surface area contributed by atoms with Crippen molar-refractivity contribution in [3.05, 3.63) is 29.8 Å². The van der Waals surface area contributed by atoms with Crippen molar-refractivity contribution < 1.29 is 32.5 Å². The largest absolute Gasteiger partial charge is 0.494 e. The summed E-state index contributed by atoms with van der Waals surface area (Å²) >= 11 is 0. The van der Waals surface area contributed by atoms with Crippen molar-refractivity contribution in [1.29, 1.82) is 0 Å². The summed E-state index contributed by atoms with van der Waals surface area (Å²) in [5.41, 5.74) is 1.01. The van der Waals surface area contributed by atoms with Crippen LogP contribution in [-0.2, 0) is 24.8 Å². The van der Waals surface area contributed by atoms with Crippen LogP contribution in [0.15, 0.2) is 24.3 Å². The van der Waals surface area contributed by atoms with E-state index in [9.17, 15) is 14.3 Å². The molecule has 0 spiro atoms. The summed E-state index contributed by atoms with van der Waals surface area (Å²) in [5, 5.41) is 0. The molecule has 0 fully saturated rings. The van der Waals surface area contributed by atoms with Crippen molar-refractivity contribution in [3.63, 3.8) is 0 Å². The standard InChI is InChI=1S/C31H56NO6P/c1-6-7-8-9-10-11-12-13-14-15-16-22-36-31-20-17-19-29(26-31)25-30(24-28(2)33)27-38-39(34,35)37-23-18-21-32(3,4)5/h17,19-20,26,30H,6-16,18,21-25,27H2,1-5H3/p+1. The molecule has 39 heavy (non-hydrogen) atoms. The summed E-state index contributed by atoms with van der Waals surface area (Å²) in [5.74, 6) is 0.610. The molecule has 0 aliphatic carbocycles. The molecule has 1 N–H and O–H groups in total. The number of ether oxygens (including phenoxy) is 1. The maximum absolute atomic E-state index is 12.3. The zero-order valence-electron chi connectivity index (χ0n) is 25.5. The number of unbranched alkanes of at least 4 members (excludes halogenated alkanes) is 10. The minimum Gasteiger partial charge on any atom is -0.494 e. The molecule has 8 heteroatoms. The fourth-order valence-electron chi connectivity index (χ4n) is 4.60. The van der Waals surface area contributed by atoms with Gasteiger partial charge in [-0.25, -0.2) is 4.57 Å². The number of benzene rings is 1. The fourth-order valence-corrected chi connectivity index (χ4v) is 5.44. The molecule has 0 bridgehead atoms. The first kappa shape index (κ1) is 35.8. The van der Waals surface area contributed by atoms with E-state index in [1.165, 1.54) is 71.1 Å². The predicted molar refractivity (Wildman–Crippen MR) is 160 cm³/mol. The Morgan fingerprint density at radius 2 is 1.51 bits per heavy atom. The third-order valence-electron chi connectivity index (χ3n) is 6.72. The van der Waals surface area contributed by atoms with E-state index in [0.717, 1.165) is 28.8 Å². The van der Waals surface area contributed by atoms with Gasteiger partial charge in [-0.05, 0) is 43.4 Å². The fraction of sp³-hybridized carbons (Fsp3) is 0.774. The average molecular weight is 571 g/mol. The first-order valence-corrected chi connectivity index (χ1v) is 16.6. The number of hydrogen-bond donors (Lipinski definition) is 1. The molecule has 0 saturated carbocycles. The van der Waals surface area contributed by atoms with Crippen molar-refractivity contribution in [1.82, 2.24) is 0 Å². The SMILES string of the molecule is CCCCCCCCCCCCCOc1cccc(CC(COP(=O)(O)OCCC[N+](C)(C)C)CC(C)=O)c1. The molecule has 2 atom stereocenters. The quantitative estimate of drug-likeness (QED) is 0.0735. The van der Waals surface area contributed by atoms with E-state index in [1.54, 1.807) is 0 Å². The lowest BCUT2D eigenvalue weighted by atomic mass is 9.95. The van der Waals surface area contributed by atoms with Crippen LogP contribution in [0.3, 0.4) is 0 Å². The van der Waals surface area contributed by atoms with E-state index in [-0.39, 0.29) is 31.3 Å². The Bertz CT molecular complexity index is 826. The van der Waals surface area contributed by atoms with Gasteiger partial charge in [-0.2, -0.15) is 0 Å². The third-order valence-corrected chi connectivity index (χ3v) is 7.70. The Balaban J connectivity index is 2.37. The van der Waals surface area contributed by atoms with Crippen LogP contribution >= 0.6 is 7.82 Å². The number of phosphoric ester groups is 1. The molecule has 1 aromatic rings. The van der Waals surface area contributed by atoms with Crippen LogP contribution in [0, 0.1) is 5.92 Å². The van der Waals surface area contributed by atoms with Crippen LogP contribution in [0.25, 0.3) is 0 Å². The number of hydrogen-bond acceptors (Lipinski definition) is 5. The summed E-state index contributed by atoms with van der Waals surface area (Å²) in [6.07, 6.45) is 15.8. The van der Waals surface area contributed by atoms with E-state index in [2.05, 4.69) is 28.1 Å². The Hall–Kier alpha value is -1.24. The molecule has 1 aromatic carbocycles. The molecule has 0 aromatic heterocycles. The van der Waals surface area contributed by atoms with Crippen molar-refractivity contribution in [2.24, 2.45) is 5.92 Å². The van der Waals surface area contributed by atoms with Crippen LogP contribution in [0.1, 0.15) is 103 Å². The topological polar surface area (TPSA) is 82.1 Å². The van der Waals surface area contributed by atoms with Gasteiger partial charge in [0, 0.05) is 12.8 Å². The number of ketones is 1. The molecule has 226 valence electrons. The lowest BCUT2D eigenvalue weighted by Crippen LogP contribution is -2.35. The molecule has 0 radical (unpaired) electrons. The molecular formula is C31H57NO6P+. The Labute approximate surface area is 238 Å². The highest BCUT2D eigenvalue weighted by atomic mass is 31.2. The highest BCUT2D eigenvalue weighted by molar-refractivity contribution is 7.47. The summed E-state index contributed by atoms with van der Waals surface area (Å²) < 4.78 is 29.5. The Kier molecular flexibility index (Phi) is 18.9. The molecule has 2 unspecified atom stereocenters. The van der Waals surface area contributed by atoms with Crippen molar-refractivity contribution in [3.8, 4) is 5.75 Å². The lowest BCUT2D eigenvalue weighted by Gasteiger charge is -2.24. The number of carbonyl (C=O) groups is 1. The maximum atomic E-state index is 12.3. The number of Topliss-reactive ketones (excluding diaryl/α,β-unsaturated/α-hetero) is 1. The zero-order valence-corrected chi connectivity index (χ0v) is 26.4. The van der Waals surface area contributed by atoms with Crippen molar-refractivity contribution in [2.75, 3.05) is 47.5 Å². The molecule has 0 aliphatic heterocycles. The van der Waals surface area contributed by atoms with E-state index in [1.807, 2.05) is 24.3 Å². The van der Waals surface area contributed by atoms with Crippen molar-refractivity contribution in [2.45, 2.75) is 104 Å². The second kappa shape index (κ2) is 20.6. The number of nitrogens with zero attached hydrogens (tertiary/aromatic N) is 1. The predicted octanol–water partition coefficient (Wildman–Crippen LogP) is 7.74. The van der Waals surface area contributed by atoms with Gasteiger partial charge in [-0.15, -0.1) is 0 Å². The monoisotopic (exact) mass is 570 g/mol. The summed E-state index contributed by atoms with van der Waals surface area (Å²) in [6.45, 7) is 5.44. The van der Waals surface area contributed by atoms with Crippen LogP contribution in [0.2, 0.25) is 0 Å². The van der Waals surface area contributed by atoms with Crippen LogP contribution < -0.4 is 4.74 Å². The molecule has 7 nitrogen and oxygen atoms in total. The van der Waals surface area contributed by atoms with Crippen LogP contribution in [-0.4, -0.2) is 62.7 Å². The average Bonchev–Trinajstić information content (AvgIpc) is 2.85. The maximum Gasteiger partial charge on any atom is 0.472 e. The van der Waals surface area contributed by atoms with Crippen LogP contribution in [0.5, 0.6) is 5.75 Å². The number of carbonyl (C=O) groups excluding carboxylic acids is 1. The number of rotatable bonds is 25. The second-order valence-corrected chi connectivity index (χ2v) is 13.4. The van der Waals surface area contributed by atoms with E-state index in [0.29, 0.717) is 19.4 Å². The van der Waals surface area contributed by atoms with Gasteiger partial charge in [-0.3, -0.25) is 9.05 Å². The van der Waals surface area contributed by atoms with Gasteiger partial charge in [0.2, 0.25) is 0 Å². The number of quaternary nitrogens is 1. The summed E-state index contributed by atoms with van der Waals surface area (Å²) in [4.78, 5) is 21.9. The van der Waals surface area contributed by atoms with Crippen LogP contribution in [0.4, 0.5) is 0 Å². The van der Waals surface area contributed by atoms with Gasteiger partial charge in [0.1, 0.15) is 11.5 Å². The van der Waals surface area contributed by atoms with Gasteiger partial charge >= 0.3 is 7.82 Å². The third kappa shape index (κ3) is 21.2. The van der Waals surface area contributed by atoms with Gasteiger partial charge in [-0.1, -0.05) is 83.3 Å². The molecule has 0 aliphatic rings. The first-order valence-electron chi connectivity index (χ1n) is 15.1. The van der Waals surface area contributed by atoms with Gasteiger partial charge in [0.05, 0.1) is 47.5 Å². The molecule has 0 heterocycles. The highest BCUT2D eigenvalue weighted by Gasteiger charge is 2.24. The smallest absolute Gasteiger partial charge is 0.472 e. The van der Waals surface area contributed by atoms with Gasteiger partial charge in [0.25, 0.3) is 0 Å². The summed E-state index contributed by atoms with van der Waals surface area (Å²) in [7, 11) is 2.00. The second-order valence-electron chi connectivity index (χ2n) is 12.0. The molecule has 0 amide bonds. The lowest BCUT2D eigenvalue weighted by molar-refractivity contribution is -0.870. The van der Waals surface area contributed by atoms with E-state index in [4.69, 9.17) is 13.8 Å². The van der Waals surface area contributed by atoms with Gasteiger partial charge < -0.3 is 18.9 Å². The normalized spacial score (nSPS) is 14.2. The Morgan fingerprint density at radius 3 is 2.10 bits per heavy atom. The van der Waals surface area contributed by atoms with Gasteiger partial charge in [0.15, 0.2) is 0 Å². The highest BCUT2D eigenvalue weighted by Crippen LogP contribution is 2.44. The van der Waals surface area contributed by atoms with Crippen molar-refractivity contribution >= 4 is 13.6 Å². The number of phosphoric acid groups is 1. The molecular weight excluding hydrogens is 513 g/mol. The first-order chi connectivity index (χ1) is 18.5. The minimum absolute atomic E-state index is 0.0177. The zero-order chi connectivity index (χ0) is 29.0. The van der Waals surface area contributed by atoms with E-state index < -0.39 is 7.82 Å². The molecule has 0 saturated heterocycles.